The van der Waals surface area contributed by atoms with E-state index in [2.05, 4.69) is 13.8 Å². The molecule has 2 aliphatic carbocycles. The van der Waals surface area contributed by atoms with Crippen LogP contribution in [-0.4, -0.2) is 68.6 Å². The molecule has 1 aromatic rings. The zero-order chi connectivity index (χ0) is 33.1. The summed E-state index contributed by atoms with van der Waals surface area (Å²) in [6.45, 7) is 8.64. The van der Waals surface area contributed by atoms with Gasteiger partial charge in [-0.1, -0.05) is 45.9 Å². The van der Waals surface area contributed by atoms with Crippen molar-refractivity contribution in [2.24, 2.45) is 22.7 Å². The fourth-order valence-corrected chi connectivity index (χ4v) is 8.13. The quantitative estimate of drug-likeness (QED) is 0.135. The first-order chi connectivity index (χ1) is 22.0. The van der Waals surface area contributed by atoms with Crippen LogP contribution in [0.4, 0.5) is 0 Å². The topological polar surface area (TPSA) is 127 Å². The van der Waals surface area contributed by atoms with Crippen LogP contribution in [0, 0.1) is 22.7 Å². The van der Waals surface area contributed by atoms with E-state index in [-0.39, 0.29) is 66.9 Å². The Hall–Kier alpha value is -3.66. The number of epoxide rings is 1. The summed E-state index contributed by atoms with van der Waals surface area (Å²) in [6, 6.07) is 7.24. The Bertz CT molecular complexity index is 1380. The Morgan fingerprint density at radius 2 is 1.72 bits per heavy atom. The van der Waals surface area contributed by atoms with Crippen LogP contribution in [0.3, 0.4) is 0 Å². The first-order valence-electron chi connectivity index (χ1n) is 16.4. The monoisotopic (exact) mass is 638 g/mol. The maximum absolute atomic E-state index is 12.8. The van der Waals surface area contributed by atoms with E-state index in [0.29, 0.717) is 30.8 Å². The van der Waals surface area contributed by atoms with Gasteiger partial charge in [-0.05, 0) is 73.1 Å². The number of allylic oxidation sites excluding steroid dienone is 1. The molecule has 0 radical (unpaired) electrons. The Kier molecular flexibility index (Phi) is 9.96. The molecule has 5 rings (SSSR count). The van der Waals surface area contributed by atoms with Crippen LogP contribution in [0.5, 0.6) is 5.75 Å². The Morgan fingerprint density at radius 3 is 2.37 bits per heavy atom. The summed E-state index contributed by atoms with van der Waals surface area (Å²) in [7, 11) is 1.59. The minimum absolute atomic E-state index is 0.0370. The molecule has 10 heteroatoms. The molecule has 0 unspecified atom stereocenters. The number of cyclic esters (lactones) is 1. The standard InChI is InChI=1S/C36H46O10/c1-6-30(37)43-21-35(4)27-16-19-36(22-44-36)28(34(27,3)18-17-29(35)46-31(38)7-2)14-13-25-26(20-42-33(25)40)45-32(39)15-10-23-8-11-24(41-5)12-9-23/h8-13,15,26-29H,6-7,14,16-22H2,1-5H3/b15-10+,25-13+/t26-,27+,28+,29-,34-,35+,36-/m1/s1. The summed E-state index contributed by atoms with van der Waals surface area (Å²) in [6.07, 6.45) is 7.78. The van der Waals surface area contributed by atoms with Gasteiger partial charge in [-0.3, -0.25) is 9.59 Å². The minimum atomic E-state index is -0.813. The lowest BCUT2D eigenvalue weighted by Gasteiger charge is -2.61. The zero-order valence-corrected chi connectivity index (χ0v) is 27.5. The second kappa shape index (κ2) is 13.6. The number of carbonyl (C=O) groups excluding carboxylic acids is 4. The lowest BCUT2D eigenvalue weighted by atomic mass is 9.45. The van der Waals surface area contributed by atoms with Crippen molar-refractivity contribution in [1.29, 1.82) is 0 Å². The molecular weight excluding hydrogens is 592 g/mol. The largest absolute Gasteiger partial charge is 0.497 e. The third-order valence-electron chi connectivity index (χ3n) is 10.8. The fraction of sp³-hybridized carbons (Fsp3) is 0.611. The van der Waals surface area contributed by atoms with Crippen molar-refractivity contribution in [1.82, 2.24) is 0 Å². The smallest absolute Gasteiger partial charge is 0.337 e. The van der Waals surface area contributed by atoms with E-state index >= 15 is 0 Å². The third-order valence-corrected chi connectivity index (χ3v) is 10.8. The van der Waals surface area contributed by atoms with Crippen LogP contribution in [0.1, 0.15) is 78.2 Å². The molecule has 2 saturated carbocycles. The van der Waals surface area contributed by atoms with Gasteiger partial charge >= 0.3 is 23.9 Å². The molecule has 0 N–H and O–H groups in total. The molecular formula is C36H46O10. The normalized spacial score (nSPS) is 34.2. The summed E-state index contributed by atoms with van der Waals surface area (Å²) in [5, 5.41) is 0. The van der Waals surface area contributed by atoms with E-state index in [4.69, 9.17) is 28.4 Å². The van der Waals surface area contributed by atoms with Crippen molar-refractivity contribution in [3.05, 3.63) is 47.6 Å². The molecule has 1 spiro atoms. The van der Waals surface area contributed by atoms with Crippen molar-refractivity contribution in [3.8, 4) is 5.75 Å². The SMILES string of the molecule is CCC(=O)OC[C@@]1(C)[C@H]2CC[C@@]3(CO3)[C@@H](C/C=C3/C(=O)OC[C@H]3OC(=O)/C=C/c3ccc(OC)cc3)[C@]2(C)CC[C@H]1OC(=O)CC. The number of carbonyl (C=O) groups is 4. The molecule has 4 aliphatic rings. The van der Waals surface area contributed by atoms with Gasteiger partial charge in [0.05, 0.1) is 24.9 Å². The molecule has 1 aromatic carbocycles. The van der Waals surface area contributed by atoms with E-state index in [9.17, 15) is 19.2 Å². The van der Waals surface area contributed by atoms with E-state index < -0.39 is 23.5 Å². The third kappa shape index (κ3) is 6.73. The van der Waals surface area contributed by atoms with Gasteiger partial charge in [-0.25, -0.2) is 9.59 Å². The van der Waals surface area contributed by atoms with Gasteiger partial charge in [-0.15, -0.1) is 0 Å². The molecule has 2 heterocycles. The summed E-state index contributed by atoms with van der Waals surface area (Å²) in [5.74, 6) is -0.799. The van der Waals surface area contributed by atoms with Crippen LogP contribution in [0.2, 0.25) is 0 Å². The van der Waals surface area contributed by atoms with Gasteiger partial charge in [0.1, 0.15) is 25.1 Å². The second-order valence-electron chi connectivity index (χ2n) is 13.4. The highest BCUT2D eigenvalue weighted by molar-refractivity contribution is 5.93. The highest BCUT2D eigenvalue weighted by atomic mass is 16.6. The Balaban J connectivity index is 1.35. The summed E-state index contributed by atoms with van der Waals surface area (Å²) in [4.78, 5) is 50.3. The predicted octanol–water partition coefficient (Wildman–Crippen LogP) is 5.37. The van der Waals surface area contributed by atoms with Crippen LogP contribution in [0.15, 0.2) is 42.0 Å². The summed E-state index contributed by atoms with van der Waals surface area (Å²) < 4.78 is 34.0. The van der Waals surface area contributed by atoms with Gasteiger partial charge in [0.2, 0.25) is 0 Å². The molecule has 7 atom stereocenters. The zero-order valence-electron chi connectivity index (χ0n) is 27.5. The van der Waals surface area contributed by atoms with Crippen molar-refractivity contribution in [2.75, 3.05) is 26.9 Å². The highest BCUT2D eigenvalue weighted by Crippen LogP contribution is 2.66. The number of ether oxygens (including phenoxy) is 6. The van der Waals surface area contributed by atoms with Crippen molar-refractivity contribution in [3.63, 3.8) is 0 Å². The number of fused-ring (bicyclic) bond motifs is 1. The number of rotatable bonds is 11. The Labute approximate surface area is 270 Å². The maximum atomic E-state index is 12.8. The maximum Gasteiger partial charge on any atom is 0.337 e. The molecule has 0 amide bonds. The fourth-order valence-electron chi connectivity index (χ4n) is 8.13. The van der Waals surface area contributed by atoms with Crippen LogP contribution in [-0.2, 0) is 42.9 Å². The van der Waals surface area contributed by atoms with Crippen molar-refractivity contribution < 1.29 is 47.6 Å². The summed E-state index contributed by atoms with van der Waals surface area (Å²) >= 11 is 0. The lowest BCUT2D eigenvalue weighted by molar-refractivity contribution is -0.203. The average molecular weight is 639 g/mol. The van der Waals surface area contributed by atoms with Crippen LogP contribution < -0.4 is 4.74 Å². The lowest BCUT2D eigenvalue weighted by Crippen LogP contribution is -2.61. The molecule has 4 fully saturated rings. The number of hydrogen-bond acceptors (Lipinski definition) is 10. The molecule has 10 nitrogen and oxygen atoms in total. The van der Waals surface area contributed by atoms with Crippen LogP contribution in [0.25, 0.3) is 6.08 Å². The van der Waals surface area contributed by atoms with Gasteiger partial charge in [0.25, 0.3) is 0 Å². The molecule has 46 heavy (non-hydrogen) atoms. The van der Waals surface area contributed by atoms with E-state index in [0.717, 1.165) is 24.8 Å². The van der Waals surface area contributed by atoms with Gasteiger partial charge < -0.3 is 28.4 Å². The second-order valence-corrected chi connectivity index (χ2v) is 13.4. The van der Waals surface area contributed by atoms with Crippen molar-refractivity contribution in [2.45, 2.75) is 90.4 Å². The predicted molar refractivity (Wildman–Crippen MR) is 167 cm³/mol. The first kappa shape index (κ1) is 33.7. The Morgan fingerprint density at radius 1 is 1.00 bits per heavy atom. The molecule has 2 saturated heterocycles. The van der Waals surface area contributed by atoms with Gasteiger partial charge in [0, 0.05) is 24.3 Å². The highest BCUT2D eigenvalue weighted by Gasteiger charge is 2.67. The minimum Gasteiger partial charge on any atom is -0.497 e. The van der Waals surface area contributed by atoms with Crippen molar-refractivity contribution >= 4 is 30.0 Å². The molecule has 2 aliphatic heterocycles. The average Bonchev–Trinajstić information content (AvgIpc) is 3.74. The van der Waals surface area contributed by atoms with Gasteiger partial charge in [-0.2, -0.15) is 0 Å². The molecule has 0 aromatic heterocycles. The number of methoxy groups -OCH3 is 1. The van der Waals surface area contributed by atoms with E-state index in [1.807, 2.05) is 18.2 Å². The molecule has 250 valence electrons. The number of esters is 4. The van der Waals surface area contributed by atoms with E-state index in [1.54, 1.807) is 39.2 Å². The first-order valence-corrected chi connectivity index (χ1v) is 16.4. The van der Waals surface area contributed by atoms with Gasteiger partial charge in [0.15, 0.2) is 6.10 Å². The number of benzene rings is 1. The molecule has 0 bridgehead atoms. The van der Waals surface area contributed by atoms with E-state index in [1.165, 1.54) is 6.08 Å². The number of hydrogen-bond donors (Lipinski definition) is 0. The summed E-state index contributed by atoms with van der Waals surface area (Å²) in [5.41, 5.74) is -0.0306. The van der Waals surface area contributed by atoms with Crippen LogP contribution >= 0.6 is 0 Å².